The third kappa shape index (κ3) is 3.79. The number of aryl methyl sites for hydroxylation is 2. The lowest BCUT2D eigenvalue weighted by Gasteiger charge is -2.35. The standard InChI is InChI=1S/C20H25N3O3/c1-14-5-4-6-16-15(2)13-17(21-20(14)16)22-9-11-23(12-10-22)18(24)7-8-19(25)26-3/h4-6,13H,7-12H2,1-3H3. The van der Waals surface area contributed by atoms with Gasteiger partial charge in [-0.05, 0) is 31.0 Å². The van der Waals surface area contributed by atoms with Gasteiger partial charge in [0.25, 0.3) is 0 Å². The van der Waals surface area contributed by atoms with Crippen LogP contribution in [-0.2, 0) is 14.3 Å². The molecule has 1 aliphatic rings. The molecule has 2 heterocycles. The normalized spacial score (nSPS) is 14.6. The summed E-state index contributed by atoms with van der Waals surface area (Å²) in [7, 11) is 1.34. The average Bonchev–Trinajstić information content (AvgIpc) is 2.66. The van der Waals surface area contributed by atoms with Gasteiger partial charge in [0.15, 0.2) is 0 Å². The van der Waals surface area contributed by atoms with Gasteiger partial charge in [-0.2, -0.15) is 0 Å². The molecule has 0 aliphatic carbocycles. The number of ether oxygens (including phenoxy) is 1. The molecule has 0 atom stereocenters. The summed E-state index contributed by atoms with van der Waals surface area (Å²) in [6, 6.07) is 8.37. The highest BCUT2D eigenvalue weighted by molar-refractivity contribution is 5.86. The lowest BCUT2D eigenvalue weighted by atomic mass is 10.1. The Morgan fingerprint density at radius 3 is 2.50 bits per heavy atom. The van der Waals surface area contributed by atoms with Crippen LogP contribution < -0.4 is 4.90 Å². The number of benzene rings is 1. The van der Waals surface area contributed by atoms with Crippen LogP contribution >= 0.6 is 0 Å². The second kappa shape index (κ2) is 7.72. The Bertz CT molecular complexity index is 826. The van der Waals surface area contributed by atoms with Crippen LogP contribution in [0.25, 0.3) is 10.9 Å². The second-order valence-electron chi connectivity index (χ2n) is 6.71. The molecule has 1 aromatic carbocycles. The highest BCUT2D eigenvalue weighted by atomic mass is 16.5. The summed E-state index contributed by atoms with van der Waals surface area (Å²) in [6.45, 7) is 6.97. The molecule has 3 rings (SSSR count). The molecule has 1 amide bonds. The van der Waals surface area contributed by atoms with E-state index in [4.69, 9.17) is 4.98 Å². The first-order valence-corrected chi connectivity index (χ1v) is 8.96. The molecule has 0 unspecified atom stereocenters. The third-order valence-electron chi connectivity index (χ3n) is 4.96. The van der Waals surface area contributed by atoms with E-state index in [0.717, 1.165) is 24.4 Å². The Morgan fingerprint density at radius 1 is 1.08 bits per heavy atom. The van der Waals surface area contributed by atoms with Crippen molar-refractivity contribution in [1.82, 2.24) is 9.88 Å². The molecule has 6 nitrogen and oxygen atoms in total. The number of rotatable bonds is 4. The summed E-state index contributed by atoms with van der Waals surface area (Å²) in [6.07, 6.45) is 0.347. The molecule has 0 bridgehead atoms. The van der Waals surface area contributed by atoms with Gasteiger partial charge < -0.3 is 14.5 Å². The number of aromatic nitrogens is 1. The molecule has 1 aliphatic heterocycles. The van der Waals surface area contributed by atoms with Crippen molar-refractivity contribution in [2.75, 3.05) is 38.2 Å². The van der Waals surface area contributed by atoms with Crippen molar-refractivity contribution in [2.45, 2.75) is 26.7 Å². The zero-order chi connectivity index (χ0) is 18.7. The molecule has 0 saturated carbocycles. The van der Waals surface area contributed by atoms with Crippen LogP contribution in [0.3, 0.4) is 0 Å². The van der Waals surface area contributed by atoms with Gasteiger partial charge in [0.05, 0.1) is 19.0 Å². The van der Waals surface area contributed by atoms with Crippen molar-refractivity contribution < 1.29 is 14.3 Å². The second-order valence-corrected chi connectivity index (χ2v) is 6.71. The molecular formula is C20H25N3O3. The predicted octanol–water partition coefficient (Wildman–Crippen LogP) is 2.45. The number of methoxy groups -OCH3 is 1. The largest absolute Gasteiger partial charge is 0.469 e. The lowest BCUT2D eigenvalue weighted by molar-refractivity contribution is -0.143. The minimum atomic E-state index is -0.344. The van der Waals surface area contributed by atoms with E-state index < -0.39 is 0 Å². The smallest absolute Gasteiger partial charge is 0.306 e. The summed E-state index contributed by atoms with van der Waals surface area (Å²) in [5.41, 5.74) is 3.42. The monoisotopic (exact) mass is 355 g/mol. The number of fused-ring (bicyclic) bond motifs is 1. The molecule has 1 saturated heterocycles. The van der Waals surface area contributed by atoms with Crippen LogP contribution in [0, 0.1) is 13.8 Å². The van der Waals surface area contributed by atoms with Gasteiger partial charge in [0.2, 0.25) is 5.91 Å². The Balaban J connectivity index is 1.67. The van der Waals surface area contributed by atoms with Gasteiger partial charge in [0, 0.05) is 38.0 Å². The molecule has 138 valence electrons. The zero-order valence-corrected chi connectivity index (χ0v) is 15.6. The molecule has 0 N–H and O–H groups in total. The summed E-state index contributed by atoms with van der Waals surface area (Å²) in [5, 5.41) is 1.19. The fourth-order valence-corrected chi connectivity index (χ4v) is 3.36. The maximum absolute atomic E-state index is 12.2. The van der Waals surface area contributed by atoms with Crippen molar-refractivity contribution in [2.24, 2.45) is 0 Å². The Hall–Kier alpha value is -2.63. The molecule has 0 spiro atoms. The van der Waals surface area contributed by atoms with Gasteiger partial charge in [-0.3, -0.25) is 9.59 Å². The zero-order valence-electron chi connectivity index (χ0n) is 15.6. The Labute approximate surface area is 153 Å². The first kappa shape index (κ1) is 18.2. The number of carbonyl (C=O) groups is 2. The van der Waals surface area contributed by atoms with Gasteiger partial charge in [0.1, 0.15) is 5.82 Å². The van der Waals surface area contributed by atoms with E-state index in [9.17, 15) is 9.59 Å². The van der Waals surface area contributed by atoms with E-state index in [2.05, 4.69) is 47.7 Å². The Kier molecular flexibility index (Phi) is 5.40. The predicted molar refractivity (Wildman–Crippen MR) is 101 cm³/mol. The number of nitrogens with zero attached hydrogens (tertiary/aromatic N) is 3. The van der Waals surface area contributed by atoms with Gasteiger partial charge in [-0.15, -0.1) is 0 Å². The Morgan fingerprint density at radius 2 is 1.81 bits per heavy atom. The van der Waals surface area contributed by atoms with E-state index in [1.807, 2.05) is 4.90 Å². The van der Waals surface area contributed by atoms with Crippen LogP contribution in [0.15, 0.2) is 24.3 Å². The highest BCUT2D eigenvalue weighted by Crippen LogP contribution is 2.25. The quantitative estimate of drug-likeness (QED) is 0.789. The van der Waals surface area contributed by atoms with Crippen molar-refractivity contribution in [3.8, 4) is 0 Å². The molecular weight excluding hydrogens is 330 g/mol. The van der Waals surface area contributed by atoms with Crippen LogP contribution in [-0.4, -0.2) is 55.0 Å². The average molecular weight is 355 g/mol. The maximum Gasteiger partial charge on any atom is 0.306 e. The molecule has 0 radical (unpaired) electrons. The number of para-hydroxylation sites is 1. The van der Waals surface area contributed by atoms with E-state index in [0.29, 0.717) is 13.1 Å². The van der Waals surface area contributed by atoms with E-state index in [-0.39, 0.29) is 24.7 Å². The summed E-state index contributed by atoms with van der Waals surface area (Å²) in [5.74, 6) is 0.628. The summed E-state index contributed by atoms with van der Waals surface area (Å²) >= 11 is 0. The number of carbonyl (C=O) groups excluding carboxylic acids is 2. The van der Waals surface area contributed by atoms with Crippen LogP contribution in [0.4, 0.5) is 5.82 Å². The van der Waals surface area contributed by atoms with E-state index >= 15 is 0 Å². The molecule has 1 fully saturated rings. The number of anilines is 1. The fraction of sp³-hybridized carbons (Fsp3) is 0.450. The first-order valence-electron chi connectivity index (χ1n) is 8.96. The minimum Gasteiger partial charge on any atom is -0.469 e. The number of piperazine rings is 1. The highest BCUT2D eigenvalue weighted by Gasteiger charge is 2.23. The number of hydrogen-bond acceptors (Lipinski definition) is 5. The minimum absolute atomic E-state index is 0.00791. The van der Waals surface area contributed by atoms with Gasteiger partial charge >= 0.3 is 5.97 Å². The number of esters is 1. The maximum atomic E-state index is 12.2. The topological polar surface area (TPSA) is 62.7 Å². The van der Waals surface area contributed by atoms with E-state index in [1.165, 1.54) is 23.6 Å². The summed E-state index contributed by atoms with van der Waals surface area (Å²) < 4.78 is 4.59. The molecule has 2 aromatic rings. The SMILES string of the molecule is COC(=O)CCC(=O)N1CCN(c2cc(C)c3cccc(C)c3n2)CC1. The van der Waals surface area contributed by atoms with Crippen LogP contribution in [0.2, 0.25) is 0 Å². The number of hydrogen-bond donors (Lipinski definition) is 0. The lowest BCUT2D eigenvalue weighted by Crippen LogP contribution is -2.49. The number of pyridine rings is 1. The fourth-order valence-electron chi connectivity index (χ4n) is 3.36. The van der Waals surface area contributed by atoms with Crippen molar-refractivity contribution in [1.29, 1.82) is 0 Å². The van der Waals surface area contributed by atoms with E-state index in [1.54, 1.807) is 0 Å². The van der Waals surface area contributed by atoms with Gasteiger partial charge in [-0.25, -0.2) is 4.98 Å². The molecule has 1 aromatic heterocycles. The first-order chi connectivity index (χ1) is 12.5. The number of amides is 1. The van der Waals surface area contributed by atoms with Crippen LogP contribution in [0.1, 0.15) is 24.0 Å². The van der Waals surface area contributed by atoms with Crippen molar-refractivity contribution in [3.63, 3.8) is 0 Å². The van der Waals surface area contributed by atoms with Crippen LogP contribution in [0.5, 0.6) is 0 Å². The van der Waals surface area contributed by atoms with Gasteiger partial charge in [-0.1, -0.05) is 18.2 Å². The molecule has 6 heteroatoms. The third-order valence-corrected chi connectivity index (χ3v) is 4.96. The molecule has 26 heavy (non-hydrogen) atoms. The van der Waals surface area contributed by atoms with Crippen molar-refractivity contribution >= 4 is 28.6 Å². The van der Waals surface area contributed by atoms with Crippen molar-refractivity contribution in [3.05, 3.63) is 35.4 Å². The summed E-state index contributed by atoms with van der Waals surface area (Å²) in [4.78, 5) is 32.3.